The third kappa shape index (κ3) is 15.1. The van der Waals surface area contributed by atoms with Crippen LogP contribution in [0.5, 0.6) is 0 Å². The molecule has 4 aliphatic carbocycles. The van der Waals surface area contributed by atoms with Crippen LogP contribution in [-0.2, 0) is 0 Å². The molecule has 38 heavy (non-hydrogen) atoms. The van der Waals surface area contributed by atoms with Gasteiger partial charge in [-0.1, -0.05) is 115 Å². The van der Waals surface area contributed by atoms with Gasteiger partial charge in [-0.15, -0.1) is 0 Å². The van der Waals surface area contributed by atoms with E-state index >= 15 is 0 Å². The van der Waals surface area contributed by atoms with E-state index in [9.17, 15) is 4.39 Å². The second-order valence-corrected chi connectivity index (χ2v) is 18.2. The topological polar surface area (TPSA) is 0 Å². The Morgan fingerprint density at radius 3 is 0.842 bits per heavy atom. The van der Waals surface area contributed by atoms with Crippen molar-refractivity contribution >= 4 is 0 Å². The van der Waals surface area contributed by atoms with Gasteiger partial charge in [-0.05, 0) is 116 Å². The second kappa shape index (κ2) is 14.7. The van der Waals surface area contributed by atoms with Gasteiger partial charge in [0.15, 0.2) is 0 Å². The number of hydrogen-bond acceptors (Lipinski definition) is 0. The Bertz CT molecular complexity index is 604. The summed E-state index contributed by atoms with van der Waals surface area (Å²) in [6.45, 7) is 29.7. The van der Waals surface area contributed by atoms with E-state index in [1.54, 1.807) is 6.92 Å². The van der Waals surface area contributed by atoms with Crippen molar-refractivity contribution in [1.82, 2.24) is 0 Å². The molecular weight excluding hydrogens is 463 g/mol. The lowest BCUT2D eigenvalue weighted by atomic mass is 9.69. The minimum Gasteiger partial charge on any atom is -0.244 e. The lowest BCUT2D eigenvalue weighted by molar-refractivity contribution is 0.0637. The van der Waals surface area contributed by atoms with Crippen molar-refractivity contribution in [1.29, 1.82) is 0 Å². The summed E-state index contributed by atoms with van der Waals surface area (Å²) in [4.78, 5) is 0. The van der Waals surface area contributed by atoms with Gasteiger partial charge in [0.2, 0.25) is 0 Å². The largest absolute Gasteiger partial charge is 0.244 e. The predicted molar refractivity (Wildman–Crippen MR) is 171 cm³/mol. The Morgan fingerprint density at radius 1 is 0.395 bits per heavy atom. The van der Waals surface area contributed by atoms with E-state index in [4.69, 9.17) is 0 Å². The molecule has 0 radical (unpaired) electrons. The predicted octanol–water partition coefficient (Wildman–Crippen LogP) is 13.2. The van der Waals surface area contributed by atoms with E-state index in [1.165, 1.54) is 70.6 Å². The first kappa shape index (κ1) is 36.0. The molecule has 228 valence electrons. The van der Waals surface area contributed by atoms with E-state index in [0.29, 0.717) is 21.7 Å². The van der Waals surface area contributed by atoms with E-state index in [0.717, 1.165) is 49.4 Å². The van der Waals surface area contributed by atoms with E-state index in [1.807, 2.05) is 0 Å². The smallest absolute Gasteiger partial charge is 0.108 e. The monoisotopic (exact) mass is 537 g/mol. The average molecular weight is 537 g/mol. The van der Waals surface area contributed by atoms with Gasteiger partial charge in [-0.2, -0.15) is 0 Å². The molecule has 0 bridgehead atoms. The number of hydrogen-bond donors (Lipinski definition) is 0. The number of rotatable bonds is 0. The van der Waals surface area contributed by atoms with Gasteiger partial charge >= 0.3 is 0 Å². The van der Waals surface area contributed by atoms with Crippen molar-refractivity contribution in [2.24, 2.45) is 45.3 Å². The molecular formula is C37H73F. The van der Waals surface area contributed by atoms with Gasteiger partial charge in [0, 0.05) is 0 Å². The van der Waals surface area contributed by atoms with E-state index < -0.39 is 5.67 Å². The summed E-state index contributed by atoms with van der Waals surface area (Å²) >= 11 is 0. The molecule has 4 rings (SSSR count). The molecule has 0 aromatic rings. The van der Waals surface area contributed by atoms with Crippen LogP contribution in [0.25, 0.3) is 0 Å². The van der Waals surface area contributed by atoms with E-state index in [2.05, 4.69) is 83.1 Å². The molecule has 0 N–H and O–H groups in total. The third-order valence-electron chi connectivity index (χ3n) is 10.5. The molecule has 0 unspecified atom stereocenters. The molecule has 0 spiro atoms. The quantitative estimate of drug-likeness (QED) is 0.289. The highest BCUT2D eigenvalue weighted by atomic mass is 19.1. The van der Waals surface area contributed by atoms with Gasteiger partial charge in [-0.25, -0.2) is 4.39 Å². The molecule has 0 amide bonds. The molecule has 4 fully saturated rings. The summed E-state index contributed by atoms with van der Waals surface area (Å²) in [5.74, 6) is 3.78. The molecule has 0 atom stereocenters. The third-order valence-corrected chi connectivity index (χ3v) is 10.5. The molecule has 1 heteroatoms. The highest BCUT2D eigenvalue weighted by Gasteiger charge is 2.35. The molecule has 4 saturated carbocycles. The first-order valence-corrected chi connectivity index (χ1v) is 16.8. The Morgan fingerprint density at radius 2 is 0.632 bits per heavy atom. The average Bonchev–Trinajstić information content (AvgIpc) is 3.48. The Kier molecular flexibility index (Phi) is 13.9. The van der Waals surface area contributed by atoms with Gasteiger partial charge in [0.25, 0.3) is 0 Å². The van der Waals surface area contributed by atoms with Crippen LogP contribution in [0, 0.1) is 45.3 Å². The Balaban J connectivity index is 0.000000257. The summed E-state index contributed by atoms with van der Waals surface area (Å²) in [5, 5.41) is 0. The van der Waals surface area contributed by atoms with Gasteiger partial charge < -0.3 is 0 Å². The summed E-state index contributed by atoms with van der Waals surface area (Å²) in [5.41, 5.74) is 1.26. The van der Waals surface area contributed by atoms with Crippen molar-refractivity contribution in [2.75, 3.05) is 0 Å². The molecule has 0 aliphatic heterocycles. The van der Waals surface area contributed by atoms with Gasteiger partial charge in [0.1, 0.15) is 5.67 Å². The number of alkyl halides is 1. The lowest BCUT2D eigenvalue weighted by Crippen LogP contribution is -2.31. The highest BCUT2D eigenvalue weighted by Crippen LogP contribution is 2.45. The van der Waals surface area contributed by atoms with Crippen LogP contribution in [0.1, 0.15) is 186 Å². The Hall–Kier alpha value is -0.0700. The summed E-state index contributed by atoms with van der Waals surface area (Å²) in [7, 11) is 0. The normalized spacial score (nSPS) is 27.8. The zero-order valence-electron chi connectivity index (χ0n) is 28.8. The first-order valence-electron chi connectivity index (χ1n) is 16.8. The van der Waals surface area contributed by atoms with Gasteiger partial charge in [0.05, 0.1) is 0 Å². The van der Waals surface area contributed by atoms with Gasteiger partial charge in [-0.3, -0.25) is 0 Å². The lowest BCUT2D eigenvalue weighted by Gasteiger charge is -2.38. The van der Waals surface area contributed by atoms with Crippen molar-refractivity contribution in [2.45, 2.75) is 192 Å². The zero-order chi connectivity index (χ0) is 29.4. The second-order valence-electron chi connectivity index (χ2n) is 18.2. The SMILES string of the molecule is CC(C)(C)C1CC1.CC(C)(C)C1CCCC1.CC(C)(C)C1CCCCC1.CC1(F)CCC(C(C)(C)C)CC1. The molecule has 0 saturated heterocycles. The van der Waals surface area contributed by atoms with Crippen molar-refractivity contribution in [3.63, 3.8) is 0 Å². The molecule has 4 aliphatic rings. The van der Waals surface area contributed by atoms with Crippen LogP contribution >= 0.6 is 0 Å². The molecule has 0 aromatic carbocycles. The van der Waals surface area contributed by atoms with Crippen molar-refractivity contribution in [3.05, 3.63) is 0 Å². The van der Waals surface area contributed by atoms with Crippen LogP contribution in [0.15, 0.2) is 0 Å². The van der Waals surface area contributed by atoms with Crippen molar-refractivity contribution in [3.8, 4) is 0 Å². The maximum absolute atomic E-state index is 13.4. The maximum Gasteiger partial charge on any atom is 0.108 e. The molecule has 0 heterocycles. The van der Waals surface area contributed by atoms with E-state index in [-0.39, 0.29) is 0 Å². The maximum atomic E-state index is 13.4. The van der Waals surface area contributed by atoms with Crippen LogP contribution in [0.2, 0.25) is 0 Å². The summed E-state index contributed by atoms with van der Waals surface area (Å²) in [6.07, 6.45) is 19.9. The minimum absolute atomic E-state index is 0.372. The van der Waals surface area contributed by atoms with Crippen molar-refractivity contribution < 1.29 is 4.39 Å². The Labute approximate surface area is 241 Å². The summed E-state index contributed by atoms with van der Waals surface area (Å²) < 4.78 is 13.4. The van der Waals surface area contributed by atoms with Crippen LogP contribution in [0.4, 0.5) is 4.39 Å². The zero-order valence-corrected chi connectivity index (χ0v) is 28.8. The minimum atomic E-state index is -0.873. The number of halogens is 1. The molecule has 0 nitrogen and oxygen atoms in total. The first-order chi connectivity index (χ1) is 17.1. The molecule has 0 aromatic heterocycles. The fraction of sp³-hybridized carbons (Fsp3) is 1.00. The van der Waals surface area contributed by atoms with Crippen LogP contribution in [0.3, 0.4) is 0 Å². The van der Waals surface area contributed by atoms with Crippen LogP contribution < -0.4 is 0 Å². The standard InChI is InChI=1S/C11H21F.C10H20.C9H18.C7H14/c1-10(2,3)9-5-7-11(4,12)8-6-9;1-10(2,3)9-7-5-4-6-8-9;1-9(2,3)8-6-4-5-7-8;1-7(2,3)6-4-5-6/h9H,5-8H2,1-4H3;9H,4-8H2,1-3H3;8H,4-7H2,1-3H3;6H,4-5H2,1-3H3. The summed E-state index contributed by atoms with van der Waals surface area (Å²) in [6, 6.07) is 0. The van der Waals surface area contributed by atoms with Crippen LogP contribution in [-0.4, -0.2) is 5.67 Å². The fourth-order valence-corrected chi connectivity index (χ4v) is 6.80. The highest BCUT2D eigenvalue weighted by molar-refractivity contribution is 4.86. The fourth-order valence-electron chi connectivity index (χ4n) is 6.80.